The quantitative estimate of drug-likeness (QED) is 0.633. The zero-order chi connectivity index (χ0) is 16.0. The summed E-state index contributed by atoms with van der Waals surface area (Å²) in [5.74, 6) is 0.778. The normalized spacial score (nSPS) is 28.3. The zero-order valence-corrected chi connectivity index (χ0v) is 12.9. The number of carbonyl (C=O) groups is 3. The molecule has 120 valence electrons. The molecular formula is C18H19NO4. The number of nitrogens with zero attached hydrogens (tertiary/aromatic N) is 1. The minimum Gasteiger partial charge on any atom is -0.444 e. The molecule has 1 aromatic rings. The van der Waals surface area contributed by atoms with Crippen LogP contribution in [-0.4, -0.2) is 29.4 Å². The van der Waals surface area contributed by atoms with Crippen LogP contribution < -0.4 is 0 Å². The molecule has 2 bridgehead atoms. The Morgan fingerprint density at radius 3 is 2.35 bits per heavy atom. The number of carbonyl (C=O) groups excluding carboxylic acids is 3. The van der Waals surface area contributed by atoms with Crippen molar-refractivity contribution in [3.63, 3.8) is 0 Å². The van der Waals surface area contributed by atoms with E-state index in [2.05, 4.69) is 0 Å². The van der Waals surface area contributed by atoms with Gasteiger partial charge in [-0.25, -0.2) is 4.90 Å². The maximum atomic E-state index is 12.2. The molecule has 0 aromatic heterocycles. The van der Waals surface area contributed by atoms with Crippen molar-refractivity contribution in [3.05, 3.63) is 35.4 Å². The molecule has 0 radical (unpaired) electrons. The Morgan fingerprint density at radius 1 is 1.09 bits per heavy atom. The van der Waals surface area contributed by atoms with Crippen molar-refractivity contribution in [2.24, 2.45) is 17.8 Å². The average Bonchev–Trinajstić information content (AvgIpc) is 3.22. The summed E-state index contributed by atoms with van der Waals surface area (Å²) < 4.78 is 5.21. The van der Waals surface area contributed by atoms with Crippen LogP contribution in [0.3, 0.4) is 0 Å². The Kier molecular flexibility index (Phi) is 3.43. The van der Waals surface area contributed by atoms with E-state index >= 15 is 0 Å². The number of hydrogen-bond acceptors (Lipinski definition) is 4. The Bertz CT molecular complexity index is 648. The van der Waals surface area contributed by atoms with E-state index < -0.39 is 11.8 Å². The molecule has 2 amide bonds. The molecule has 4 rings (SSSR count). The number of benzene rings is 1. The van der Waals surface area contributed by atoms with Gasteiger partial charge in [0.25, 0.3) is 11.8 Å². The average molecular weight is 313 g/mol. The molecule has 1 heterocycles. The van der Waals surface area contributed by atoms with Gasteiger partial charge in [0.05, 0.1) is 11.1 Å². The molecule has 0 spiro atoms. The Hall–Kier alpha value is -2.17. The van der Waals surface area contributed by atoms with Gasteiger partial charge in [-0.15, -0.1) is 0 Å². The van der Waals surface area contributed by atoms with Crippen molar-refractivity contribution in [2.45, 2.75) is 32.1 Å². The highest BCUT2D eigenvalue weighted by Crippen LogP contribution is 2.49. The van der Waals surface area contributed by atoms with Gasteiger partial charge >= 0.3 is 5.97 Å². The third-order valence-electron chi connectivity index (χ3n) is 5.55. The van der Waals surface area contributed by atoms with Gasteiger partial charge in [0.1, 0.15) is 0 Å². The van der Waals surface area contributed by atoms with Crippen LogP contribution in [0, 0.1) is 17.8 Å². The number of rotatable bonds is 4. The predicted octanol–water partition coefficient (Wildman–Crippen LogP) is 2.61. The predicted molar refractivity (Wildman–Crippen MR) is 81.5 cm³/mol. The van der Waals surface area contributed by atoms with Crippen LogP contribution in [0.15, 0.2) is 24.3 Å². The molecule has 2 saturated carbocycles. The van der Waals surface area contributed by atoms with E-state index in [-0.39, 0.29) is 12.7 Å². The zero-order valence-electron chi connectivity index (χ0n) is 12.9. The van der Waals surface area contributed by atoms with Crippen molar-refractivity contribution in [2.75, 3.05) is 6.73 Å². The van der Waals surface area contributed by atoms with Crippen LogP contribution in [0.5, 0.6) is 0 Å². The lowest BCUT2D eigenvalue weighted by atomic mass is 9.86. The van der Waals surface area contributed by atoms with Crippen LogP contribution in [0.1, 0.15) is 52.8 Å². The maximum Gasteiger partial charge on any atom is 0.307 e. The second kappa shape index (κ2) is 5.48. The molecule has 3 atom stereocenters. The van der Waals surface area contributed by atoms with E-state index in [0.29, 0.717) is 29.4 Å². The molecule has 1 aromatic carbocycles. The molecule has 0 saturated heterocycles. The lowest BCUT2D eigenvalue weighted by molar-refractivity contribution is -0.147. The van der Waals surface area contributed by atoms with Crippen LogP contribution in [-0.2, 0) is 9.53 Å². The molecule has 23 heavy (non-hydrogen) atoms. The SMILES string of the molecule is O=C(C[C@@H]1C[C@H]2CC[C@@H]1C2)OCN1C(=O)c2ccccc2C1=O. The van der Waals surface area contributed by atoms with E-state index in [1.807, 2.05) is 0 Å². The third-order valence-corrected chi connectivity index (χ3v) is 5.55. The minimum atomic E-state index is -0.390. The third kappa shape index (κ3) is 2.44. The number of ether oxygens (including phenoxy) is 1. The highest BCUT2D eigenvalue weighted by molar-refractivity contribution is 6.21. The first kappa shape index (κ1) is 14.4. The van der Waals surface area contributed by atoms with Crippen LogP contribution in [0.4, 0.5) is 0 Å². The lowest BCUT2D eigenvalue weighted by Gasteiger charge is -2.21. The Labute approximate surface area is 134 Å². The van der Waals surface area contributed by atoms with Crippen molar-refractivity contribution < 1.29 is 19.1 Å². The number of hydrogen-bond donors (Lipinski definition) is 0. The fraction of sp³-hybridized carbons (Fsp3) is 0.500. The first-order chi connectivity index (χ1) is 11.1. The molecule has 3 aliphatic rings. The standard InChI is InChI=1S/C18H19NO4/c20-16(9-13-8-11-5-6-12(13)7-11)23-10-19-17(21)14-3-1-2-4-15(14)18(19)22/h1-4,11-13H,5-10H2/t11-,12+,13-/m0/s1. The van der Waals surface area contributed by atoms with E-state index in [9.17, 15) is 14.4 Å². The summed E-state index contributed by atoms with van der Waals surface area (Å²) >= 11 is 0. The van der Waals surface area contributed by atoms with Gasteiger partial charge in [-0.3, -0.25) is 14.4 Å². The minimum absolute atomic E-state index is 0.286. The number of imide groups is 1. The number of amides is 2. The molecule has 5 nitrogen and oxygen atoms in total. The summed E-state index contributed by atoms with van der Waals surface area (Å²) in [4.78, 5) is 37.4. The van der Waals surface area contributed by atoms with Gasteiger partial charge in [0.2, 0.25) is 0 Å². The molecule has 0 N–H and O–H groups in total. The summed E-state index contributed by atoms with van der Waals surface area (Å²) in [5.41, 5.74) is 0.753. The molecule has 5 heteroatoms. The topological polar surface area (TPSA) is 63.7 Å². The van der Waals surface area contributed by atoms with E-state index in [1.165, 1.54) is 19.3 Å². The van der Waals surface area contributed by atoms with Gasteiger partial charge in [-0.2, -0.15) is 0 Å². The van der Waals surface area contributed by atoms with Gasteiger partial charge in [-0.05, 0) is 49.1 Å². The van der Waals surface area contributed by atoms with E-state index in [0.717, 1.165) is 17.2 Å². The second-order valence-corrected chi connectivity index (χ2v) is 6.87. The Balaban J connectivity index is 1.34. The van der Waals surface area contributed by atoms with E-state index in [4.69, 9.17) is 4.74 Å². The number of esters is 1. The molecular weight excluding hydrogens is 294 g/mol. The summed E-state index contributed by atoms with van der Waals surface area (Å²) in [6.45, 7) is -0.286. The van der Waals surface area contributed by atoms with Crippen LogP contribution in [0.2, 0.25) is 0 Å². The van der Waals surface area contributed by atoms with Crippen molar-refractivity contribution in [3.8, 4) is 0 Å². The fourth-order valence-electron chi connectivity index (χ4n) is 4.39. The summed E-state index contributed by atoms with van der Waals surface area (Å²) in [6.07, 6.45) is 5.29. The highest BCUT2D eigenvalue weighted by atomic mass is 16.5. The largest absolute Gasteiger partial charge is 0.444 e. The van der Waals surface area contributed by atoms with Gasteiger partial charge < -0.3 is 4.74 Å². The van der Waals surface area contributed by atoms with Crippen LogP contribution in [0.25, 0.3) is 0 Å². The van der Waals surface area contributed by atoms with Crippen molar-refractivity contribution in [1.82, 2.24) is 4.90 Å². The van der Waals surface area contributed by atoms with Gasteiger partial charge in [0, 0.05) is 6.42 Å². The monoisotopic (exact) mass is 313 g/mol. The maximum absolute atomic E-state index is 12.2. The molecule has 1 aliphatic heterocycles. The highest BCUT2D eigenvalue weighted by Gasteiger charge is 2.41. The summed E-state index contributed by atoms with van der Waals surface area (Å²) in [6, 6.07) is 6.67. The first-order valence-corrected chi connectivity index (χ1v) is 8.24. The van der Waals surface area contributed by atoms with Crippen LogP contribution >= 0.6 is 0 Å². The number of fused-ring (bicyclic) bond motifs is 3. The Morgan fingerprint density at radius 2 is 1.78 bits per heavy atom. The molecule has 0 unspecified atom stereocenters. The van der Waals surface area contributed by atoms with E-state index in [1.54, 1.807) is 24.3 Å². The summed E-state index contributed by atoms with van der Waals surface area (Å²) in [7, 11) is 0. The fourth-order valence-corrected chi connectivity index (χ4v) is 4.39. The smallest absolute Gasteiger partial charge is 0.307 e. The summed E-state index contributed by atoms with van der Waals surface area (Å²) in [5, 5.41) is 0. The first-order valence-electron chi connectivity index (χ1n) is 8.24. The second-order valence-electron chi connectivity index (χ2n) is 6.87. The molecule has 2 fully saturated rings. The van der Waals surface area contributed by atoms with Crippen molar-refractivity contribution >= 4 is 17.8 Å². The van der Waals surface area contributed by atoms with Gasteiger partial charge in [0.15, 0.2) is 6.73 Å². The molecule has 2 aliphatic carbocycles. The van der Waals surface area contributed by atoms with Crippen molar-refractivity contribution in [1.29, 1.82) is 0 Å². The van der Waals surface area contributed by atoms with Gasteiger partial charge in [-0.1, -0.05) is 18.6 Å². The lowest BCUT2D eigenvalue weighted by Crippen LogP contribution is -2.33.